The van der Waals surface area contributed by atoms with Gasteiger partial charge in [0.15, 0.2) is 11.9 Å². The highest BCUT2D eigenvalue weighted by Gasteiger charge is 2.43. The number of aromatic hydroxyl groups is 2. The summed E-state index contributed by atoms with van der Waals surface area (Å²) in [4.78, 5) is 295. The Bertz CT molecular complexity index is 5180. The van der Waals surface area contributed by atoms with Crippen molar-refractivity contribution >= 4 is 149 Å². The molecule has 1 aliphatic heterocycles. The number of rotatable bonds is 62. The maximum atomic E-state index is 14.7. The van der Waals surface area contributed by atoms with Crippen LogP contribution >= 0.6 is 12.6 Å². The number of aromatic amines is 1. The first-order chi connectivity index (χ1) is 68.4. The molecule has 0 radical (unpaired) electrons. The Kier molecular flexibility index (Phi) is 49.8. The molecule has 145 heavy (non-hydrogen) atoms. The van der Waals surface area contributed by atoms with Crippen molar-refractivity contribution in [2.45, 2.75) is 234 Å². The molecule has 0 unspecified atom stereocenters. The molecule has 3 aromatic carbocycles. The average Bonchev–Trinajstić information content (AvgIpc) is 1.68. The van der Waals surface area contributed by atoms with Gasteiger partial charge in [-0.05, 0) is 119 Å². The normalized spacial score (nSPS) is 15.4. The number of carbonyl (C=O) groups is 21. The van der Waals surface area contributed by atoms with E-state index in [1.54, 1.807) is 44.2 Å². The largest absolute Gasteiger partial charge is 0.508 e. The molecule has 17 atom stereocenters. The van der Waals surface area contributed by atoms with Crippen LogP contribution in [0.3, 0.4) is 0 Å². The number of benzene rings is 3. The first-order valence-corrected chi connectivity index (χ1v) is 46.6. The number of thiol groups is 1. The minimum Gasteiger partial charge on any atom is -0.508 e. The summed E-state index contributed by atoms with van der Waals surface area (Å²) in [5, 5.41) is 119. The van der Waals surface area contributed by atoms with E-state index < -0.39 is 303 Å². The maximum absolute atomic E-state index is 14.7. The summed E-state index contributed by atoms with van der Waals surface area (Å²) in [7, 11) is 0. The summed E-state index contributed by atoms with van der Waals surface area (Å²) in [5.41, 5.74) is 28.7. The van der Waals surface area contributed by atoms with Gasteiger partial charge >= 0.3 is 11.9 Å². The molecule has 0 spiro atoms. The molecule has 5 rings (SSSR count). The predicted molar refractivity (Wildman–Crippen MR) is 516 cm³/mol. The maximum Gasteiger partial charge on any atom is 0.326 e. The Balaban J connectivity index is 1.25. The van der Waals surface area contributed by atoms with E-state index in [0.29, 0.717) is 17.5 Å². The number of hydrogen-bond donors (Lipinski definition) is 33. The van der Waals surface area contributed by atoms with Crippen LogP contribution in [0.5, 0.6) is 11.5 Å². The number of primary amides is 2. The number of hydrogen-bond acceptors (Lipinski definition) is 30. The SMILES string of the molecule is CC(C)C[C@H](NC(=O)[C@H](Cc1ccccc1)NC(=O)[C@@H]1CCCN1C(=O)[C@H](CO)NC(=O)[C@H](C)NC(=O)[C@@H](N)CCCNC(=N)N)C(=O)N[C@@H](CCC(=O)O)C(=O)N[C@@H](CS)C(=O)N[C@@H](Cc1cnc[nH]1)C(=O)NCC(=O)N[C@@H](CCCNC(=N)N)C(=O)NCC(=O)N[C@H](C(=O)N[C@@H](C)C(=O)N[C@@H](CC(N)=O)C(=O)N[C@@H](Cc1ccc(O)cc1)C(=O)N[C@@H](Cc1ccc(O)cc1)C(=O)N[C@@H](CC(N)=O)C(=O)O)[C@@H](C)O. The number of carboxylic acid groups (broad SMARTS) is 2. The van der Waals surface area contributed by atoms with E-state index in [1.165, 1.54) is 68.0 Å². The van der Waals surface area contributed by atoms with Crippen molar-refractivity contribution in [2.24, 2.45) is 34.6 Å². The summed E-state index contributed by atoms with van der Waals surface area (Å²) in [6.45, 7) is 4.08. The van der Waals surface area contributed by atoms with Crippen LogP contribution in [-0.2, 0) is 126 Å². The van der Waals surface area contributed by atoms with Crippen LogP contribution in [0.15, 0.2) is 91.4 Å². The molecule has 0 saturated carbocycles. The molecule has 37 N–H and O–H groups in total. The van der Waals surface area contributed by atoms with Crippen molar-refractivity contribution in [1.29, 1.82) is 10.8 Å². The zero-order chi connectivity index (χ0) is 108. The second-order valence-electron chi connectivity index (χ2n) is 34.5. The number of aromatic nitrogens is 2. The molecular weight excluding hydrogens is 1930 g/mol. The first-order valence-electron chi connectivity index (χ1n) is 45.9. The molecule has 56 heteroatoms. The lowest BCUT2D eigenvalue weighted by Gasteiger charge is -2.30. The number of amides is 19. The van der Waals surface area contributed by atoms with Gasteiger partial charge in [-0.3, -0.25) is 107 Å². The minimum atomic E-state index is -1.96. The van der Waals surface area contributed by atoms with Crippen molar-refractivity contribution in [3.05, 3.63) is 114 Å². The molecule has 0 bridgehead atoms. The first kappa shape index (κ1) is 120. The topological polar surface area (TPSA) is 906 Å². The Hall–Kier alpha value is -15.9. The molecule has 19 amide bonds. The quantitative estimate of drug-likeness (QED) is 0.00845. The van der Waals surface area contributed by atoms with Crippen LogP contribution in [0.4, 0.5) is 0 Å². The van der Waals surface area contributed by atoms with Gasteiger partial charge in [0.05, 0.1) is 51.0 Å². The Morgan fingerprint density at radius 2 is 0.883 bits per heavy atom. The average molecular weight is 2060 g/mol. The molecule has 794 valence electrons. The number of aliphatic hydroxyl groups is 2. The standard InChI is InChI=1S/C89H130N28O27S/c1-43(2)30-56(108-80(136)59(31-47-12-7-6-8-13-47)112-84(140)65-16-11-29-117(65)86(142)63(40-118)114-73(129)44(3)103-74(130)53(90)14-9-27-98-88(93)94)78(134)106-55(25-26-70(126)127)77(133)115-64(41-145)83(139)111-60(34-50-37-97-42-102-50)76(132)101-38-68(124)105-54(15-10-28-99-89(95)96)75(131)100-39-69(125)116-71(46(5)119)85(141)104-45(4)72(128)107-61(35-66(91)122)82(138)110-57(32-48-17-21-51(120)22-18-48)79(135)109-58(33-49-19-23-52(121)24-20-49)81(137)113-62(87(143)144)36-67(92)123/h6-8,12-13,17-24,37,42-46,53-65,71,118-121,145H,9-11,14-16,25-36,38-41,90H2,1-5H3,(H2,91,122)(H2,92,123)(H,97,102)(H,100,131)(H,101,132)(H,103,130)(H,104,141)(H,105,124)(H,106,134)(H,107,128)(H,108,136)(H,109,135)(H,110,138)(H,111,139)(H,112,140)(H,113,137)(H,114,129)(H,115,133)(H,116,125)(H,126,127)(H,143,144)(H4,93,94,98)(H4,95,96,99)/t44-,45-,46+,53-,54-,55-,56-,57-,58-,59-,60-,61-,62-,63-,64-,65-,71-/m0/s1. The number of phenols is 2. The van der Waals surface area contributed by atoms with Crippen molar-refractivity contribution in [3.8, 4) is 11.5 Å². The van der Waals surface area contributed by atoms with E-state index in [-0.39, 0.29) is 99.7 Å². The molecule has 1 saturated heterocycles. The number of guanidine groups is 2. The molecule has 1 aliphatic rings. The van der Waals surface area contributed by atoms with Crippen LogP contribution in [0, 0.1) is 16.7 Å². The number of phenolic OH excluding ortho intramolecular Hbond substituents is 2. The number of carbonyl (C=O) groups excluding carboxylic acids is 19. The lowest BCUT2D eigenvalue weighted by atomic mass is 10.00. The van der Waals surface area contributed by atoms with Crippen LogP contribution in [0.1, 0.15) is 128 Å². The fourth-order valence-corrected chi connectivity index (χ4v) is 14.7. The number of nitrogens with zero attached hydrogens (tertiary/aromatic N) is 2. The molecular formula is C89H130N28O27S. The van der Waals surface area contributed by atoms with Gasteiger partial charge in [-0.2, -0.15) is 12.6 Å². The van der Waals surface area contributed by atoms with Crippen molar-refractivity contribution in [1.82, 2.24) is 111 Å². The number of likely N-dealkylation sites (tertiary alicyclic amines) is 1. The number of nitrogens with two attached hydrogens (primary N) is 5. The second-order valence-corrected chi connectivity index (χ2v) is 34.9. The lowest BCUT2D eigenvalue weighted by Crippen LogP contribution is -2.61. The third-order valence-electron chi connectivity index (χ3n) is 22.1. The molecule has 1 fully saturated rings. The van der Waals surface area contributed by atoms with Crippen LogP contribution in [0.25, 0.3) is 0 Å². The number of imidazole rings is 1. The third kappa shape index (κ3) is 42.8. The van der Waals surface area contributed by atoms with Crippen LogP contribution < -0.4 is 124 Å². The van der Waals surface area contributed by atoms with Gasteiger partial charge in [0.1, 0.15) is 102 Å². The zero-order valence-corrected chi connectivity index (χ0v) is 81.0. The van der Waals surface area contributed by atoms with Gasteiger partial charge in [0, 0.05) is 69.4 Å². The van der Waals surface area contributed by atoms with Gasteiger partial charge < -0.3 is 165 Å². The summed E-state index contributed by atoms with van der Waals surface area (Å²) < 4.78 is 0. The highest BCUT2D eigenvalue weighted by atomic mass is 32.1. The monoisotopic (exact) mass is 2050 g/mol. The zero-order valence-electron chi connectivity index (χ0n) is 80.1. The Labute approximate surface area is 836 Å². The van der Waals surface area contributed by atoms with E-state index in [0.717, 1.165) is 18.7 Å². The fraction of sp³-hybridized carbons (Fsp3) is 0.506. The van der Waals surface area contributed by atoms with Crippen LogP contribution in [-0.4, -0.2) is 329 Å². The number of carboxylic acids is 2. The smallest absolute Gasteiger partial charge is 0.326 e. The molecule has 0 aliphatic carbocycles. The molecule has 55 nitrogen and oxygen atoms in total. The minimum absolute atomic E-state index is 0.0115. The number of aliphatic hydroxyl groups excluding tert-OH is 2. The predicted octanol–water partition coefficient (Wildman–Crippen LogP) is -11.0. The number of H-pyrrole nitrogens is 1. The molecule has 1 aromatic heterocycles. The summed E-state index contributed by atoms with van der Waals surface area (Å²) in [6.07, 6.45) is -3.54. The highest BCUT2D eigenvalue weighted by Crippen LogP contribution is 2.22. The summed E-state index contributed by atoms with van der Waals surface area (Å²) in [6, 6.07) is -7.25. The van der Waals surface area contributed by atoms with Gasteiger partial charge in [0.25, 0.3) is 0 Å². The third-order valence-corrected chi connectivity index (χ3v) is 22.5. The van der Waals surface area contributed by atoms with Crippen molar-refractivity contribution < 1.29 is 131 Å². The molecule has 2 heterocycles. The van der Waals surface area contributed by atoms with Crippen molar-refractivity contribution in [3.63, 3.8) is 0 Å². The van der Waals surface area contributed by atoms with Gasteiger partial charge in [-0.15, -0.1) is 0 Å². The van der Waals surface area contributed by atoms with E-state index in [4.69, 9.17) is 39.5 Å². The number of nitrogens with one attached hydrogen (secondary N) is 21. The fourth-order valence-electron chi connectivity index (χ4n) is 14.4. The van der Waals surface area contributed by atoms with E-state index in [2.05, 4.69) is 118 Å². The summed E-state index contributed by atoms with van der Waals surface area (Å²) in [5.74, 6) is -25.5. The second kappa shape index (κ2) is 60.4. The number of aliphatic carboxylic acids is 2. The highest BCUT2D eigenvalue weighted by molar-refractivity contribution is 7.80. The van der Waals surface area contributed by atoms with E-state index in [9.17, 15) is 131 Å². The Morgan fingerprint density at radius 3 is 1.37 bits per heavy atom. The van der Waals surface area contributed by atoms with Crippen molar-refractivity contribution in [2.75, 3.05) is 45.1 Å². The molecule has 4 aromatic rings. The Morgan fingerprint density at radius 1 is 0.462 bits per heavy atom. The van der Waals surface area contributed by atoms with E-state index in [1.807, 2.05) is 0 Å². The lowest BCUT2D eigenvalue weighted by molar-refractivity contribution is -0.143. The van der Waals surface area contributed by atoms with Gasteiger partial charge in [0.2, 0.25) is 112 Å². The summed E-state index contributed by atoms with van der Waals surface area (Å²) >= 11 is 4.26. The van der Waals surface area contributed by atoms with Gasteiger partial charge in [-0.1, -0.05) is 68.4 Å². The van der Waals surface area contributed by atoms with Gasteiger partial charge in [-0.25, -0.2) is 9.78 Å². The van der Waals surface area contributed by atoms with Crippen LogP contribution in [0.2, 0.25) is 0 Å². The van der Waals surface area contributed by atoms with E-state index >= 15 is 0 Å².